The van der Waals surface area contributed by atoms with Gasteiger partial charge < -0.3 is 5.32 Å². The number of carbonyl (C=O) groups excluding carboxylic acids is 1. The molecule has 0 atom stereocenters. The number of fused-ring (bicyclic) bond motifs is 1. The van der Waals surface area contributed by atoms with E-state index in [9.17, 15) is 13.2 Å². The van der Waals surface area contributed by atoms with Crippen LogP contribution in [0.4, 0.5) is 5.69 Å². The lowest BCUT2D eigenvalue weighted by Gasteiger charge is -2.09. The summed E-state index contributed by atoms with van der Waals surface area (Å²) >= 11 is 0. The first kappa shape index (κ1) is 20.7. The maximum Gasteiger partial charge on any atom is 0.256 e. The van der Waals surface area contributed by atoms with E-state index in [1.165, 1.54) is 24.3 Å². The van der Waals surface area contributed by atoms with E-state index in [1.54, 1.807) is 10.7 Å². The van der Waals surface area contributed by atoms with E-state index in [4.69, 9.17) is 5.14 Å². The lowest BCUT2D eigenvalue weighted by molar-refractivity contribution is 0.102. The zero-order valence-electron chi connectivity index (χ0n) is 17.0. The first-order valence-corrected chi connectivity index (χ1v) is 11.1. The van der Waals surface area contributed by atoms with Crippen molar-refractivity contribution in [2.45, 2.75) is 25.3 Å². The fraction of sp³-hybridized carbons (Fsp3) is 0.136. The van der Waals surface area contributed by atoms with Gasteiger partial charge >= 0.3 is 0 Å². The average molecular weight is 436 g/mol. The maximum absolute atomic E-state index is 13.1. The number of amides is 1. The third kappa shape index (κ3) is 4.32. The third-order valence-corrected chi connectivity index (χ3v) is 5.80. The smallest absolute Gasteiger partial charge is 0.256 e. The summed E-state index contributed by atoms with van der Waals surface area (Å²) < 4.78 is 24.6. The molecule has 4 rings (SSSR count). The molecule has 4 aromatic rings. The molecule has 0 fully saturated rings. The number of hydrogen-bond acceptors (Lipinski definition) is 5. The van der Waals surface area contributed by atoms with E-state index in [0.717, 1.165) is 5.56 Å². The Labute approximate surface area is 179 Å². The van der Waals surface area contributed by atoms with Gasteiger partial charge in [0.05, 0.1) is 28.1 Å². The van der Waals surface area contributed by atoms with E-state index in [1.807, 2.05) is 44.2 Å². The molecule has 0 spiro atoms. The molecule has 0 bridgehead atoms. The fourth-order valence-corrected chi connectivity index (χ4v) is 3.97. The summed E-state index contributed by atoms with van der Waals surface area (Å²) in [6.07, 6.45) is 0. The Balaban J connectivity index is 1.69. The second kappa shape index (κ2) is 7.93. The van der Waals surface area contributed by atoms with Gasteiger partial charge in [-0.25, -0.2) is 23.2 Å². The predicted molar refractivity (Wildman–Crippen MR) is 118 cm³/mol. The molecule has 8 nitrogen and oxygen atoms in total. The van der Waals surface area contributed by atoms with Gasteiger partial charge in [-0.2, -0.15) is 5.10 Å². The van der Waals surface area contributed by atoms with E-state index in [-0.39, 0.29) is 10.8 Å². The average Bonchev–Trinajstić information content (AvgIpc) is 3.03. The Hall–Kier alpha value is -3.56. The van der Waals surface area contributed by atoms with Gasteiger partial charge in [-0.1, -0.05) is 30.3 Å². The van der Waals surface area contributed by atoms with Gasteiger partial charge in [-0.3, -0.25) is 4.79 Å². The van der Waals surface area contributed by atoms with Crippen molar-refractivity contribution in [3.63, 3.8) is 0 Å². The highest BCUT2D eigenvalue weighted by Gasteiger charge is 2.19. The van der Waals surface area contributed by atoms with Crippen molar-refractivity contribution in [1.82, 2.24) is 14.8 Å². The standard InChI is InChI=1S/C22H21N5O3S/c1-14-12-19(22(28)25-17-8-10-18(11-9-17)31(23,29)30)20-15(2)26-27(21(20)24-14)13-16-6-4-3-5-7-16/h3-12H,13H2,1-2H3,(H,25,28)(H2,23,29,30). The molecule has 2 aromatic heterocycles. The highest BCUT2D eigenvalue weighted by molar-refractivity contribution is 7.89. The summed E-state index contributed by atoms with van der Waals surface area (Å²) in [5.74, 6) is -0.332. The van der Waals surface area contributed by atoms with Crippen molar-refractivity contribution < 1.29 is 13.2 Å². The number of nitrogens with zero attached hydrogens (tertiary/aromatic N) is 3. The van der Waals surface area contributed by atoms with Crippen LogP contribution in [-0.4, -0.2) is 29.1 Å². The fourth-order valence-electron chi connectivity index (χ4n) is 3.45. The molecule has 0 aliphatic rings. The number of carbonyl (C=O) groups is 1. The number of pyridine rings is 1. The summed E-state index contributed by atoms with van der Waals surface area (Å²) in [4.78, 5) is 17.7. The molecule has 0 aliphatic heterocycles. The highest BCUT2D eigenvalue weighted by Crippen LogP contribution is 2.24. The van der Waals surface area contributed by atoms with Gasteiger partial charge in [0.2, 0.25) is 10.0 Å². The van der Waals surface area contributed by atoms with Crippen LogP contribution in [0.1, 0.15) is 27.3 Å². The van der Waals surface area contributed by atoms with Crippen LogP contribution in [0.15, 0.2) is 65.6 Å². The zero-order valence-corrected chi connectivity index (χ0v) is 17.8. The van der Waals surface area contributed by atoms with E-state index >= 15 is 0 Å². The number of aryl methyl sites for hydroxylation is 2. The first-order valence-electron chi connectivity index (χ1n) is 9.55. The second-order valence-electron chi connectivity index (χ2n) is 7.26. The first-order chi connectivity index (χ1) is 14.7. The Bertz CT molecular complexity index is 1380. The predicted octanol–water partition coefficient (Wildman–Crippen LogP) is 3.00. The molecule has 1 amide bonds. The van der Waals surface area contributed by atoms with Crippen LogP contribution < -0.4 is 10.5 Å². The highest BCUT2D eigenvalue weighted by atomic mass is 32.2. The number of hydrogen-bond donors (Lipinski definition) is 2. The molecule has 0 saturated heterocycles. The largest absolute Gasteiger partial charge is 0.322 e. The number of primary sulfonamides is 1. The Morgan fingerprint density at radius 3 is 2.39 bits per heavy atom. The summed E-state index contributed by atoms with van der Waals surface area (Å²) in [5.41, 5.74) is 4.01. The molecule has 0 unspecified atom stereocenters. The van der Waals surface area contributed by atoms with Gasteiger partial charge in [0.25, 0.3) is 5.91 Å². The zero-order chi connectivity index (χ0) is 22.2. The number of nitrogens with one attached hydrogen (secondary N) is 1. The number of anilines is 1. The third-order valence-electron chi connectivity index (χ3n) is 4.87. The van der Waals surface area contributed by atoms with Crippen molar-refractivity contribution >= 4 is 32.7 Å². The Morgan fingerprint density at radius 1 is 1.06 bits per heavy atom. The van der Waals surface area contributed by atoms with Crippen LogP contribution in [0, 0.1) is 13.8 Å². The molecule has 31 heavy (non-hydrogen) atoms. The minimum absolute atomic E-state index is 0.0225. The van der Waals surface area contributed by atoms with Gasteiger partial charge in [0.1, 0.15) is 0 Å². The number of nitrogens with two attached hydrogens (primary N) is 1. The number of rotatable bonds is 5. The number of aromatic nitrogens is 3. The lowest BCUT2D eigenvalue weighted by Crippen LogP contribution is -2.14. The normalized spacial score (nSPS) is 11.6. The molecule has 0 aliphatic carbocycles. The van der Waals surface area contributed by atoms with Gasteiger partial charge in [-0.15, -0.1) is 0 Å². The van der Waals surface area contributed by atoms with Crippen molar-refractivity contribution in [1.29, 1.82) is 0 Å². The van der Waals surface area contributed by atoms with E-state index in [0.29, 0.717) is 40.2 Å². The minimum atomic E-state index is -3.80. The maximum atomic E-state index is 13.1. The van der Waals surface area contributed by atoms with Crippen LogP contribution in [-0.2, 0) is 16.6 Å². The van der Waals surface area contributed by atoms with E-state index in [2.05, 4.69) is 15.4 Å². The molecule has 3 N–H and O–H groups in total. The second-order valence-corrected chi connectivity index (χ2v) is 8.82. The monoisotopic (exact) mass is 435 g/mol. The van der Waals surface area contributed by atoms with Gasteiger partial charge in [0.15, 0.2) is 5.65 Å². The molecular formula is C22H21N5O3S. The van der Waals surface area contributed by atoms with Crippen molar-refractivity contribution in [2.24, 2.45) is 5.14 Å². The van der Waals surface area contributed by atoms with Crippen molar-refractivity contribution in [3.8, 4) is 0 Å². The van der Waals surface area contributed by atoms with Crippen LogP contribution in [0.2, 0.25) is 0 Å². The molecule has 2 heterocycles. The van der Waals surface area contributed by atoms with Crippen LogP contribution >= 0.6 is 0 Å². The summed E-state index contributed by atoms with van der Waals surface area (Å²) in [6, 6.07) is 17.3. The van der Waals surface area contributed by atoms with Crippen molar-refractivity contribution in [3.05, 3.63) is 83.2 Å². The quantitative estimate of drug-likeness (QED) is 0.499. The van der Waals surface area contributed by atoms with Crippen LogP contribution in [0.5, 0.6) is 0 Å². The van der Waals surface area contributed by atoms with Gasteiger partial charge in [-0.05, 0) is 49.7 Å². The Morgan fingerprint density at radius 2 is 1.74 bits per heavy atom. The summed E-state index contributed by atoms with van der Waals surface area (Å²) in [7, 11) is -3.80. The SMILES string of the molecule is Cc1cc(C(=O)Nc2ccc(S(N)(=O)=O)cc2)c2c(C)nn(Cc3ccccc3)c2n1. The molecule has 9 heteroatoms. The molecule has 0 radical (unpaired) electrons. The number of benzene rings is 2. The van der Waals surface area contributed by atoms with Crippen LogP contribution in [0.25, 0.3) is 11.0 Å². The molecule has 158 valence electrons. The van der Waals surface area contributed by atoms with E-state index < -0.39 is 10.0 Å². The lowest BCUT2D eigenvalue weighted by atomic mass is 10.1. The van der Waals surface area contributed by atoms with Crippen LogP contribution in [0.3, 0.4) is 0 Å². The van der Waals surface area contributed by atoms with Gasteiger partial charge in [0, 0.05) is 11.4 Å². The summed E-state index contributed by atoms with van der Waals surface area (Å²) in [5, 5.41) is 13.2. The van der Waals surface area contributed by atoms with Crippen molar-refractivity contribution in [2.75, 3.05) is 5.32 Å². The Kier molecular flexibility index (Phi) is 5.30. The molecule has 2 aromatic carbocycles. The number of sulfonamides is 1. The topological polar surface area (TPSA) is 120 Å². The molecular weight excluding hydrogens is 414 g/mol. The minimum Gasteiger partial charge on any atom is -0.322 e. The molecule has 0 saturated carbocycles. The summed E-state index contributed by atoms with van der Waals surface area (Å²) in [6.45, 7) is 4.21.